The third-order valence-corrected chi connectivity index (χ3v) is 7.51. The number of hydrogen-bond acceptors (Lipinski definition) is 4. The topological polar surface area (TPSA) is 69.7 Å². The highest BCUT2D eigenvalue weighted by molar-refractivity contribution is 7.92. The van der Waals surface area contributed by atoms with Gasteiger partial charge < -0.3 is 10.2 Å². The average Bonchev–Trinajstić information content (AvgIpc) is 2.78. The molecule has 0 unspecified atom stereocenters. The molecule has 1 saturated heterocycles. The van der Waals surface area contributed by atoms with Gasteiger partial charge in [0.1, 0.15) is 0 Å². The van der Waals surface area contributed by atoms with Gasteiger partial charge >= 0.3 is 0 Å². The zero-order valence-electron chi connectivity index (χ0n) is 17.8. The van der Waals surface area contributed by atoms with Gasteiger partial charge in [0.25, 0.3) is 15.9 Å². The molecule has 0 atom stereocenters. The third kappa shape index (κ3) is 5.61. The number of nitrogens with zero attached hydrogens (tertiary/aromatic N) is 2. The predicted octanol–water partition coefficient (Wildman–Crippen LogP) is 3.36. The third-order valence-electron chi connectivity index (χ3n) is 5.71. The first-order valence-corrected chi connectivity index (χ1v) is 12.0. The summed E-state index contributed by atoms with van der Waals surface area (Å²) >= 11 is 0. The lowest BCUT2D eigenvalue weighted by molar-refractivity contribution is 0.0950. The maximum absolute atomic E-state index is 12.8. The van der Waals surface area contributed by atoms with Crippen LogP contribution in [0.1, 0.15) is 36.5 Å². The molecule has 30 heavy (non-hydrogen) atoms. The maximum atomic E-state index is 12.8. The van der Waals surface area contributed by atoms with Gasteiger partial charge in [0.05, 0.1) is 10.6 Å². The molecule has 0 radical (unpaired) electrons. The lowest BCUT2D eigenvalue weighted by Gasteiger charge is -2.30. The van der Waals surface area contributed by atoms with Crippen molar-refractivity contribution in [3.63, 3.8) is 0 Å². The zero-order valence-corrected chi connectivity index (χ0v) is 18.6. The van der Waals surface area contributed by atoms with Gasteiger partial charge in [0, 0.05) is 19.2 Å². The smallest absolute Gasteiger partial charge is 0.264 e. The van der Waals surface area contributed by atoms with Crippen molar-refractivity contribution >= 4 is 21.6 Å². The summed E-state index contributed by atoms with van der Waals surface area (Å²) in [5, 5.41) is 2.93. The molecule has 1 amide bonds. The van der Waals surface area contributed by atoms with Crippen LogP contribution < -0.4 is 9.62 Å². The molecule has 1 aliphatic rings. The first-order valence-electron chi connectivity index (χ1n) is 10.5. The monoisotopic (exact) mass is 429 g/mol. The number of benzene rings is 2. The van der Waals surface area contributed by atoms with Crippen LogP contribution in [0.5, 0.6) is 0 Å². The quantitative estimate of drug-likeness (QED) is 0.653. The van der Waals surface area contributed by atoms with Crippen LogP contribution in [-0.4, -0.2) is 52.5 Å². The van der Waals surface area contributed by atoms with Crippen LogP contribution >= 0.6 is 0 Å². The highest BCUT2D eigenvalue weighted by Crippen LogP contribution is 2.22. The van der Waals surface area contributed by atoms with Crippen LogP contribution in [0.2, 0.25) is 0 Å². The normalized spacial score (nSPS) is 15.7. The minimum Gasteiger partial charge on any atom is -0.352 e. The van der Waals surface area contributed by atoms with Crippen molar-refractivity contribution in [2.45, 2.75) is 31.1 Å². The van der Waals surface area contributed by atoms with Gasteiger partial charge in [-0.15, -0.1) is 0 Å². The van der Waals surface area contributed by atoms with Crippen LogP contribution in [0.3, 0.4) is 0 Å². The molecule has 2 aromatic rings. The fraction of sp³-hybridized carbons (Fsp3) is 0.435. The summed E-state index contributed by atoms with van der Waals surface area (Å²) in [7, 11) is -2.15. The second kappa shape index (κ2) is 10.1. The molecule has 7 heteroatoms. The summed E-state index contributed by atoms with van der Waals surface area (Å²) in [6.45, 7) is 6.19. The summed E-state index contributed by atoms with van der Waals surface area (Å²) in [5.41, 5.74) is 1.05. The molecule has 1 aliphatic heterocycles. The standard InChI is InChI=1S/C23H31N3O3S/c1-19-13-17-26(18-14-19)16-6-15-24-23(27)20-9-11-22(12-10-20)30(28,29)25(2)21-7-4-3-5-8-21/h3-5,7-12,19H,6,13-18H2,1-2H3,(H,24,27). The van der Waals surface area contributed by atoms with Crippen LogP contribution in [-0.2, 0) is 10.0 Å². The summed E-state index contributed by atoms with van der Waals surface area (Å²) in [6.07, 6.45) is 3.41. The predicted molar refractivity (Wildman–Crippen MR) is 120 cm³/mol. The van der Waals surface area contributed by atoms with E-state index in [1.807, 2.05) is 6.07 Å². The number of carbonyl (C=O) groups excluding carboxylic acids is 1. The molecule has 0 aromatic heterocycles. The number of nitrogens with one attached hydrogen (secondary N) is 1. The van der Waals surface area contributed by atoms with E-state index in [2.05, 4.69) is 17.1 Å². The molecule has 2 aromatic carbocycles. The largest absolute Gasteiger partial charge is 0.352 e. The highest BCUT2D eigenvalue weighted by atomic mass is 32.2. The van der Waals surface area contributed by atoms with Crippen molar-refractivity contribution in [2.75, 3.05) is 37.5 Å². The number of anilines is 1. The summed E-state index contributed by atoms with van der Waals surface area (Å²) in [4.78, 5) is 15.0. The number of carbonyl (C=O) groups is 1. The molecule has 1 heterocycles. The minimum absolute atomic E-state index is 0.157. The van der Waals surface area contributed by atoms with Crippen LogP contribution in [0.15, 0.2) is 59.5 Å². The van der Waals surface area contributed by atoms with E-state index < -0.39 is 10.0 Å². The second-order valence-corrected chi connectivity index (χ2v) is 9.94. The average molecular weight is 430 g/mol. The van der Waals surface area contributed by atoms with Gasteiger partial charge in [0.15, 0.2) is 0 Å². The van der Waals surface area contributed by atoms with Crippen molar-refractivity contribution in [2.24, 2.45) is 5.92 Å². The van der Waals surface area contributed by atoms with Gasteiger partial charge in [-0.2, -0.15) is 0 Å². The Labute approximate surface area is 179 Å². The van der Waals surface area contributed by atoms with E-state index in [4.69, 9.17) is 0 Å². The lowest BCUT2D eigenvalue weighted by Crippen LogP contribution is -2.35. The van der Waals surface area contributed by atoms with E-state index in [-0.39, 0.29) is 10.8 Å². The van der Waals surface area contributed by atoms with Crippen molar-refractivity contribution < 1.29 is 13.2 Å². The van der Waals surface area contributed by atoms with Crippen molar-refractivity contribution in [3.8, 4) is 0 Å². The van der Waals surface area contributed by atoms with Gasteiger partial charge in [-0.3, -0.25) is 9.10 Å². The fourth-order valence-corrected chi connectivity index (χ4v) is 4.80. The Morgan fingerprint density at radius 3 is 2.33 bits per heavy atom. The second-order valence-electron chi connectivity index (χ2n) is 7.97. The first kappa shape index (κ1) is 22.3. The maximum Gasteiger partial charge on any atom is 0.264 e. The Morgan fingerprint density at radius 2 is 1.70 bits per heavy atom. The molecule has 1 fully saturated rings. The van der Waals surface area contributed by atoms with Crippen molar-refractivity contribution in [1.82, 2.24) is 10.2 Å². The van der Waals surface area contributed by atoms with E-state index in [0.29, 0.717) is 17.8 Å². The number of sulfonamides is 1. The van der Waals surface area contributed by atoms with Crippen molar-refractivity contribution in [3.05, 3.63) is 60.2 Å². The summed E-state index contributed by atoms with van der Waals surface area (Å²) in [6, 6.07) is 15.0. The molecule has 162 valence electrons. The van der Waals surface area contributed by atoms with E-state index >= 15 is 0 Å². The van der Waals surface area contributed by atoms with Crippen LogP contribution in [0, 0.1) is 5.92 Å². The SMILES string of the molecule is CC1CCN(CCCNC(=O)c2ccc(S(=O)(=O)N(C)c3ccccc3)cc2)CC1. The zero-order chi connectivity index (χ0) is 21.6. The lowest BCUT2D eigenvalue weighted by atomic mass is 9.99. The minimum atomic E-state index is -3.68. The first-order chi connectivity index (χ1) is 14.4. The van der Waals surface area contributed by atoms with Gasteiger partial charge in [-0.25, -0.2) is 8.42 Å². The molecular weight excluding hydrogens is 398 g/mol. The Balaban J connectivity index is 1.51. The molecule has 0 saturated carbocycles. The summed E-state index contributed by atoms with van der Waals surface area (Å²) < 4.78 is 26.9. The Hall–Kier alpha value is -2.38. The fourth-order valence-electron chi connectivity index (χ4n) is 3.61. The van der Waals surface area contributed by atoms with Crippen molar-refractivity contribution in [1.29, 1.82) is 0 Å². The van der Waals surface area contributed by atoms with Crippen LogP contribution in [0.25, 0.3) is 0 Å². The molecule has 0 bridgehead atoms. The van der Waals surface area contributed by atoms with E-state index in [1.54, 1.807) is 36.4 Å². The van der Waals surface area contributed by atoms with Crippen LogP contribution in [0.4, 0.5) is 5.69 Å². The Bertz CT molecular complexity index is 922. The number of likely N-dealkylation sites (tertiary alicyclic amines) is 1. The Kier molecular flexibility index (Phi) is 7.50. The molecule has 1 N–H and O–H groups in total. The van der Waals surface area contributed by atoms with E-state index in [0.717, 1.165) is 32.0 Å². The Morgan fingerprint density at radius 1 is 1.07 bits per heavy atom. The molecule has 3 rings (SSSR count). The number of para-hydroxylation sites is 1. The molecule has 0 spiro atoms. The molecular formula is C23H31N3O3S. The van der Waals surface area contributed by atoms with E-state index in [1.165, 1.54) is 36.3 Å². The highest BCUT2D eigenvalue weighted by Gasteiger charge is 2.21. The molecule has 6 nitrogen and oxygen atoms in total. The molecule has 0 aliphatic carbocycles. The van der Waals surface area contributed by atoms with E-state index in [9.17, 15) is 13.2 Å². The van der Waals surface area contributed by atoms with Gasteiger partial charge in [-0.1, -0.05) is 25.1 Å². The van der Waals surface area contributed by atoms with Gasteiger partial charge in [0.2, 0.25) is 0 Å². The number of amides is 1. The number of piperidine rings is 1. The number of rotatable bonds is 8. The van der Waals surface area contributed by atoms with Gasteiger partial charge in [-0.05, 0) is 81.2 Å². The summed E-state index contributed by atoms with van der Waals surface area (Å²) in [5.74, 6) is 0.642. The number of hydrogen-bond donors (Lipinski definition) is 1.